The highest BCUT2D eigenvalue weighted by atomic mass is 16.3. The third-order valence-corrected chi connectivity index (χ3v) is 1.90. The van der Waals surface area contributed by atoms with Gasteiger partial charge in [0, 0.05) is 0 Å². The SMILES string of the molecule is C=CC(C)(O)CCCC(C)C. The summed E-state index contributed by atoms with van der Waals surface area (Å²) in [5.41, 5.74) is -0.658. The average Bonchev–Trinajstić information content (AvgIpc) is 1.87. The van der Waals surface area contributed by atoms with Crippen molar-refractivity contribution in [1.82, 2.24) is 0 Å². The van der Waals surface area contributed by atoms with Gasteiger partial charge in [-0.3, -0.25) is 0 Å². The Morgan fingerprint density at radius 2 is 2.09 bits per heavy atom. The van der Waals surface area contributed by atoms with Crippen molar-refractivity contribution in [1.29, 1.82) is 0 Å². The molecule has 0 aliphatic heterocycles. The van der Waals surface area contributed by atoms with Crippen molar-refractivity contribution in [3.8, 4) is 0 Å². The molecule has 1 nitrogen and oxygen atoms in total. The quantitative estimate of drug-likeness (QED) is 0.607. The van der Waals surface area contributed by atoms with Crippen molar-refractivity contribution in [2.75, 3.05) is 0 Å². The van der Waals surface area contributed by atoms with Crippen LogP contribution in [0.15, 0.2) is 12.7 Å². The van der Waals surface area contributed by atoms with E-state index >= 15 is 0 Å². The summed E-state index contributed by atoms with van der Waals surface area (Å²) in [6, 6.07) is 0. The summed E-state index contributed by atoms with van der Waals surface area (Å²) in [4.78, 5) is 0. The monoisotopic (exact) mass is 156 g/mol. The van der Waals surface area contributed by atoms with Crippen LogP contribution in [0.3, 0.4) is 0 Å². The number of hydrogen-bond donors (Lipinski definition) is 1. The smallest absolute Gasteiger partial charge is 0.0797 e. The summed E-state index contributed by atoms with van der Waals surface area (Å²) < 4.78 is 0. The minimum atomic E-state index is -0.658. The van der Waals surface area contributed by atoms with Crippen LogP contribution < -0.4 is 0 Å². The number of hydrogen-bond acceptors (Lipinski definition) is 1. The van der Waals surface area contributed by atoms with E-state index in [1.807, 2.05) is 0 Å². The standard InChI is InChI=1S/C10H20O/c1-5-10(4,11)8-6-7-9(2)3/h5,9,11H,1,6-8H2,2-4H3. The van der Waals surface area contributed by atoms with Crippen LogP contribution in [-0.4, -0.2) is 10.7 Å². The molecule has 0 aromatic heterocycles. The molecule has 11 heavy (non-hydrogen) atoms. The molecule has 1 unspecified atom stereocenters. The van der Waals surface area contributed by atoms with E-state index in [1.54, 1.807) is 13.0 Å². The van der Waals surface area contributed by atoms with Gasteiger partial charge in [-0.05, 0) is 19.3 Å². The average molecular weight is 156 g/mol. The zero-order chi connectivity index (χ0) is 8.91. The van der Waals surface area contributed by atoms with Gasteiger partial charge in [0.25, 0.3) is 0 Å². The minimum Gasteiger partial charge on any atom is -0.386 e. The molecule has 0 aromatic rings. The highest BCUT2D eigenvalue weighted by Crippen LogP contribution is 2.16. The minimum absolute atomic E-state index is 0.658. The van der Waals surface area contributed by atoms with Gasteiger partial charge in [-0.25, -0.2) is 0 Å². The molecule has 0 heterocycles. The molecular weight excluding hydrogens is 136 g/mol. The summed E-state index contributed by atoms with van der Waals surface area (Å²) >= 11 is 0. The number of rotatable bonds is 5. The van der Waals surface area contributed by atoms with Crippen LogP contribution in [0.4, 0.5) is 0 Å². The topological polar surface area (TPSA) is 20.2 Å². The lowest BCUT2D eigenvalue weighted by Crippen LogP contribution is -2.19. The van der Waals surface area contributed by atoms with Gasteiger partial charge in [0.05, 0.1) is 5.60 Å². The Bertz CT molecular complexity index is 114. The fraction of sp³-hybridized carbons (Fsp3) is 0.800. The summed E-state index contributed by atoms with van der Waals surface area (Å²) in [6.07, 6.45) is 4.71. The second kappa shape index (κ2) is 4.55. The molecule has 66 valence electrons. The lowest BCUT2D eigenvalue weighted by molar-refractivity contribution is 0.0979. The van der Waals surface area contributed by atoms with Crippen molar-refractivity contribution in [3.05, 3.63) is 12.7 Å². The fourth-order valence-electron chi connectivity index (χ4n) is 0.970. The maximum atomic E-state index is 9.52. The molecule has 0 radical (unpaired) electrons. The van der Waals surface area contributed by atoms with E-state index in [0.29, 0.717) is 0 Å². The second-order valence-corrected chi connectivity index (χ2v) is 3.85. The van der Waals surface area contributed by atoms with E-state index in [0.717, 1.165) is 18.8 Å². The first-order valence-corrected chi connectivity index (χ1v) is 4.34. The van der Waals surface area contributed by atoms with Crippen molar-refractivity contribution in [3.63, 3.8) is 0 Å². The normalized spacial score (nSPS) is 16.5. The molecule has 0 saturated carbocycles. The van der Waals surface area contributed by atoms with Gasteiger partial charge in [0.15, 0.2) is 0 Å². The van der Waals surface area contributed by atoms with Gasteiger partial charge < -0.3 is 5.11 Å². The van der Waals surface area contributed by atoms with Crippen molar-refractivity contribution < 1.29 is 5.11 Å². The predicted octanol–water partition coefficient (Wildman–Crippen LogP) is 2.75. The molecule has 0 aliphatic rings. The first-order chi connectivity index (χ1) is 4.98. The Morgan fingerprint density at radius 3 is 2.45 bits per heavy atom. The summed E-state index contributed by atoms with van der Waals surface area (Å²) in [5.74, 6) is 0.732. The maximum absolute atomic E-state index is 9.52. The summed E-state index contributed by atoms with van der Waals surface area (Å²) in [5, 5.41) is 9.52. The molecule has 0 amide bonds. The number of aliphatic hydroxyl groups is 1. The van der Waals surface area contributed by atoms with Crippen molar-refractivity contribution in [2.45, 2.75) is 45.6 Å². The van der Waals surface area contributed by atoms with Gasteiger partial charge in [0.2, 0.25) is 0 Å². The first kappa shape index (κ1) is 10.7. The van der Waals surface area contributed by atoms with E-state index in [1.165, 1.54) is 6.42 Å². The molecule has 0 bridgehead atoms. The molecule has 0 aromatic carbocycles. The van der Waals surface area contributed by atoms with E-state index < -0.39 is 5.60 Å². The molecule has 1 atom stereocenters. The maximum Gasteiger partial charge on any atom is 0.0797 e. The van der Waals surface area contributed by atoms with E-state index in [-0.39, 0.29) is 0 Å². The molecule has 1 N–H and O–H groups in total. The summed E-state index contributed by atoms with van der Waals surface area (Å²) in [7, 11) is 0. The van der Waals surface area contributed by atoms with E-state index in [2.05, 4.69) is 20.4 Å². The molecule has 0 aliphatic carbocycles. The first-order valence-electron chi connectivity index (χ1n) is 4.34. The molecule has 0 fully saturated rings. The van der Waals surface area contributed by atoms with E-state index in [4.69, 9.17) is 0 Å². The van der Waals surface area contributed by atoms with Gasteiger partial charge in [-0.1, -0.05) is 32.8 Å². The van der Waals surface area contributed by atoms with Crippen LogP contribution in [0.2, 0.25) is 0 Å². The lowest BCUT2D eigenvalue weighted by Gasteiger charge is -2.18. The third-order valence-electron chi connectivity index (χ3n) is 1.90. The molecule has 0 spiro atoms. The largest absolute Gasteiger partial charge is 0.386 e. The lowest BCUT2D eigenvalue weighted by atomic mass is 9.96. The van der Waals surface area contributed by atoms with Crippen LogP contribution in [-0.2, 0) is 0 Å². The predicted molar refractivity (Wildman–Crippen MR) is 49.5 cm³/mol. The van der Waals surface area contributed by atoms with Crippen LogP contribution in [0.5, 0.6) is 0 Å². The van der Waals surface area contributed by atoms with Gasteiger partial charge in [0.1, 0.15) is 0 Å². The highest BCUT2D eigenvalue weighted by molar-refractivity contribution is 4.91. The van der Waals surface area contributed by atoms with Gasteiger partial charge in [-0.2, -0.15) is 0 Å². The van der Waals surface area contributed by atoms with Crippen LogP contribution >= 0.6 is 0 Å². The molecule has 0 saturated heterocycles. The Labute approximate surface area is 70.1 Å². The zero-order valence-electron chi connectivity index (χ0n) is 7.93. The molecule has 0 rings (SSSR count). The fourth-order valence-corrected chi connectivity index (χ4v) is 0.970. The van der Waals surface area contributed by atoms with Crippen molar-refractivity contribution in [2.24, 2.45) is 5.92 Å². The van der Waals surface area contributed by atoms with Gasteiger partial charge in [-0.15, -0.1) is 6.58 Å². The zero-order valence-corrected chi connectivity index (χ0v) is 7.93. The van der Waals surface area contributed by atoms with Gasteiger partial charge >= 0.3 is 0 Å². The Kier molecular flexibility index (Phi) is 4.43. The van der Waals surface area contributed by atoms with Crippen molar-refractivity contribution >= 4 is 0 Å². The summed E-state index contributed by atoms with van der Waals surface area (Å²) in [6.45, 7) is 9.78. The second-order valence-electron chi connectivity index (χ2n) is 3.85. The van der Waals surface area contributed by atoms with E-state index in [9.17, 15) is 5.11 Å². The Hall–Kier alpha value is -0.300. The van der Waals surface area contributed by atoms with Crippen LogP contribution in [0.25, 0.3) is 0 Å². The molecule has 1 heteroatoms. The van der Waals surface area contributed by atoms with Crippen LogP contribution in [0.1, 0.15) is 40.0 Å². The Balaban J connectivity index is 3.45. The van der Waals surface area contributed by atoms with Crippen LogP contribution in [0, 0.1) is 5.92 Å². The Morgan fingerprint density at radius 1 is 1.55 bits per heavy atom. The molecular formula is C10H20O. The highest BCUT2D eigenvalue weighted by Gasteiger charge is 2.13. The third kappa shape index (κ3) is 6.11.